The van der Waals surface area contributed by atoms with Crippen molar-refractivity contribution in [2.75, 3.05) is 30.8 Å². The molecule has 2 saturated heterocycles. The van der Waals surface area contributed by atoms with Gasteiger partial charge in [0.2, 0.25) is 5.91 Å². The minimum absolute atomic E-state index is 0.168. The zero-order valence-electron chi connectivity index (χ0n) is 14.1. The van der Waals surface area contributed by atoms with Crippen LogP contribution >= 0.6 is 11.8 Å². The van der Waals surface area contributed by atoms with E-state index in [1.807, 2.05) is 12.1 Å². The third kappa shape index (κ3) is 4.07. The summed E-state index contributed by atoms with van der Waals surface area (Å²) < 4.78 is 5.58. The van der Waals surface area contributed by atoms with E-state index in [1.165, 1.54) is 4.90 Å². The van der Waals surface area contributed by atoms with Crippen LogP contribution in [0.4, 0.5) is 15.3 Å². The average Bonchev–Trinajstić information content (AvgIpc) is 2.88. The molecule has 2 heterocycles. The minimum Gasteiger partial charge on any atom is -0.494 e. The highest BCUT2D eigenvalue weighted by Crippen LogP contribution is 2.26. The number of nitrogens with one attached hydrogen (secondary N) is 1. The lowest BCUT2D eigenvalue weighted by molar-refractivity contribution is -0.128. The Morgan fingerprint density at radius 3 is 2.60 bits per heavy atom. The number of anilines is 1. The summed E-state index contributed by atoms with van der Waals surface area (Å²) in [6, 6.07) is 6.80. The van der Waals surface area contributed by atoms with E-state index in [0.717, 1.165) is 30.4 Å². The summed E-state index contributed by atoms with van der Waals surface area (Å²) in [5.41, 5.74) is 0.681. The zero-order chi connectivity index (χ0) is 17.8. The van der Waals surface area contributed by atoms with Crippen molar-refractivity contribution in [3.8, 4) is 5.75 Å². The first-order valence-corrected chi connectivity index (χ1v) is 9.34. The van der Waals surface area contributed by atoms with Crippen LogP contribution < -0.4 is 10.1 Å². The van der Waals surface area contributed by atoms with Crippen molar-refractivity contribution < 1.29 is 19.1 Å². The zero-order valence-corrected chi connectivity index (χ0v) is 14.9. The van der Waals surface area contributed by atoms with Crippen LogP contribution in [0.15, 0.2) is 24.3 Å². The SMILES string of the molecule is CCCCOc1ccc(NC(=O)N2CC(N3C(=O)CSC3=O)C2)cc1. The molecule has 2 aliphatic rings. The number of nitrogens with zero attached hydrogens (tertiary/aromatic N) is 2. The third-order valence-electron chi connectivity index (χ3n) is 4.17. The highest BCUT2D eigenvalue weighted by Gasteiger charge is 2.43. The maximum atomic E-state index is 12.2. The fourth-order valence-corrected chi connectivity index (χ4v) is 3.45. The molecule has 0 atom stereocenters. The molecule has 0 aliphatic carbocycles. The number of carbonyl (C=O) groups excluding carboxylic acids is 3. The first kappa shape index (κ1) is 17.6. The second-order valence-electron chi connectivity index (χ2n) is 6.03. The maximum absolute atomic E-state index is 12.2. The Balaban J connectivity index is 1.46. The van der Waals surface area contributed by atoms with Crippen LogP contribution in [0.1, 0.15) is 19.8 Å². The monoisotopic (exact) mass is 363 g/mol. The highest BCUT2D eigenvalue weighted by atomic mass is 32.2. The molecule has 1 aromatic carbocycles. The van der Waals surface area contributed by atoms with Crippen molar-refractivity contribution >= 4 is 34.6 Å². The first-order chi connectivity index (χ1) is 12.1. The van der Waals surface area contributed by atoms with Gasteiger partial charge in [-0.05, 0) is 30.7 Å². The van der Waals surface area contributed by atoms with Gasteiger partial charge in [0, 0.05) is 18.8 Å². The van der Waals surface area contributed by atoms with Crippen LogP contribution in [0.5, 0.6) is 5.75 Å². The van der Waals surface area contributed by atoms with Gasteiger partial charge in [0.25, 0.3) is 5.24 Å². The summed E-state index contributed by atoms with van der Waals surface area (Å²) in [7, 11) is 0. The molecular weight excluding hydrogens is 342 g/mol. The lowest BCUT2D eigenvalue weighted by Gasteiger charge is -2.42. The number of amides is 4. The van der Waals surface area contributed by atoms with E-state index in [4.69, 9.17) is 4.74 Å². The fraction of sp³-hybridized carbons (Fsp3) is 0.471. The normalized spacial score (nSPS) is 17.6. The molecule has 2 fully saturated rings. The van der Waals surface area contributed by atoms with Gasteiger partial charge in [0.1, 0.15) is 5.75 Å². The van der Waals surface area contributed by atoms with E-state index >= 15 is 0 Å². The van der Waals surface area contributed by atoms with E-state index < -0.39 is 0 Å². The lowest BCUT2D eigenvalue weighted by atomic mass is 10.1. The van der Waals surface area contributed by atoms with Gasteiger partial charge in [-0.2, -0.15) is 0 Å². The van der Waals surface area contributed by atoms with Crippen molar-refractivity contribution in [3.63, 3.8) is 0 Å². The Kier molecular flexibility index (Phi) is 5.47. The van der Waals surface area contributed by atoms with Gasteiger partial charge in [0.15, 0.2) is 0 Å². The summed E-state index contributed by atoms with van der Waals surface area (Å²) in [5, 5.41) is 2.60. The van der Waals surface area contributed by atoms with Crippen LogP contribution in [-0.2, 0) is 4.79 Å². The summed E-state index contributed by atoms with van der Waals surface area (Å²) in [4.78, 5) is 38.4. The number of carbonyl (C=O) groups is 3. The minimum atomic E-state index is -0.234. The number of benzene rings is 1. The Morgan fingerprint density at radius 1 is 1.28 bits per heavy atom. The van der Waals surface area contributed by atoms with Gasteiger partial charge in [-0.25, -0.2) is 4.79 Å². The first-order valence-electron chi connectivity index (χ1n) is 8.36. The topological polar surface area (TPSA) is 79.0 Å². The van der Waals surface area contributed by atoms with E-state index in [0.29, 0.717) is 25.4 Å². The molecule has 1 aromatic rings. The largest absolute Gasteiger partial charge is 0.494 e. The standard InChI is InChI=1S/C17H21N3O4S/c1-2-3-8-24-14-6-4-12(5-7-14)18-16(22)19-9-13(10-19)20-15(21)11-25-17(20)23/h4-7,13H,2-3,8-11H2,1H3,(H,18,22). The second-order valence-corrected chi connectivity index (χ2v) is 6.96. The van der Waals surface area contributed by atoms with Crippen LogP contribution in [0.25, 0.3) is 0 Å². The number of hydrogen-bond donors (Lipinski definition) is 1. The quantitative estimate of drug-likeness (QED) is 0.786. The molecule has 0 radical (unpaired) electrons. The van der Waals surface area contributed by atoms with E-state index in [1.54, 1.807) is 17.0 Å². The number of ether oxygens (including phenoxy) is 1. The fourth-order valence-electron chi connectivity index (χ4n) is 2.67. The van der Waals surface area contributed by atoms with Gasteiger partial charge in [-0.15, -0.1) is 0 Å². The molecular formula is C17H21N3O4S. The molecule has 0 aromatic heterocycles. The number of thioether (sulfide) groups is 1. The van der Waals surface area contributed by atoms with E-state index in [9.17, 15) is 14.4 Å². The van der Waals surface area contributed by atoms with Crippen LogP contribution in [0, 0.1) is 0 Å². The number of likely N-dealkylation sites (tertiary alicyclic amines) is 1. The number of hydrogen-bond acceptors (Lipinski definition) is 5. The molecule has 7 nitrogen and oxygen atoms in total. The highest BCUT2D eigenvalue weighted by molar-refractivity contribution is 8.14. The van der Waals surface area contributed by atoms with Crippen molar-refractivity contribution in [2.24, 2.45) is 0 Å². The van der Waals surface area contributed by atoms with Crippen LogP contribution in [0.2, 0.25) is 0 Å². The lowest BCUT2D eigenvalue weighted by Crippen LogP contribution is -2.62. The summed E-state index contributed by atoms with van der Waals surface area (Å²) in [6.45, 7) is 3.55. The second kappa shape index (κ2) is 7.77. The molecule has 1 N–H and O–H groups in total. The summed E-state index contributed by atoms with van der Waals surface area (Å²) >= 11 is 1.02. The predicted octanol–water partition coefficient (Wildman–Crippen LogP) is 2.78. The van der Waals surface area contributed by atoms with Gasteiger partial charge >= 0.3 is 6.03 Å². The van der Waals surface area contributed by atoms with Crippen LogP contribution in [0.3, 0.4) is 0 Å². The average molecular weight is 363 g/mol. The maximum Gasteiger partial charge on any atom is 0.321 e. The Hall–Kier alpha value is -2.22. The molecule has 2 aliphatic heterocycles. The summed E-state index contributed by atoms with van der Waals surface area (Å²) in [6.07, 6.45) is 2.09. The molecule has 0 saturated carbocycles. The van der Waals surface area contributed by atoms with Gasteiger partial charge < -0.3 is 15.0 Å². The van der Waals surface area contributed by atoms with Gasteiger partial charge in [0.05, 0.1) is 18.4 Å². The number of unbranched alkanes of at least 4 members (excludes halogenated alkanes) is 1. The summed E-state index contributed by atoms with van der Waals surface area (Å²) in [5.74, 6) is 0.812. The molecule has 0 spiro atoms. The third-order valence-corrected chi connectivity index (χ3v) is 5.01. The molecule has 0 unspecified atom stereocenters. The van der Waals surface area contributed by atoms with Crippen molar-refractivity contribution in [2.45, 2.75) is 25.8 Å². The number of imide groups is 1. The van der Waals surface area contributed by atoms with E-state index in [2.05, 4.69) is 12.2 Å². The molecule has 3 rings (SSSR count). The Labute approximate surface area is 150 Å². The van der Waals surface area contributed by atoms with E-state index in [-0.39, 0.29) is 29.0 Å². The molecule has 8 heteroatoms. The molecule has 25 heavy (non-hydrogen) atoms. The predicted molar refractivity (Wildman–Crippen MR) is 95.9 cm³/mol. The number of urea groups is 1. The molecule has 134 valence electrons. The molecule has 4 amide bonds. The van der Waals surface area contributed by atoms with Gasteiger partial charge in [-0.1, -0.05) is 25.1 Å². The molecule has 0 bridgehead atoms. The number of rotatable bonds is 6. The van der Waals surface area contributed by atoms with Gasteiger partial charge in [-0.3, -0.25) is 14.5 Å². The van der Waals surface area contributed by atoms with Crippen molar-refractivity contribution in [1.29, 1.82) is 0 Å². The Bertz CT molecular complexity index is 642. The van der Waals surface area contributed by atoms with Crippen LogP contribution in [-0.4, -0.2) is 58.5 Å². The van der Waals surface area contributed by atoms with Crippen molar-refractivity contribution in [3.05, 3.63) is 24.3 Å². The van der Waals surface area contributed by atoms with Crippen molar-refractivity contribution in [1.82, 2.24) is 9.80 Å². The Morgan fingerprint density at radius 2 is 2.00 bits per heavy atom. The smallest absolute Gasteiger partial charge is 0.321 e.